The van der Waals surface area contributed by atoms with E-state index in [9.17, 15) is 0 Å². The number of hydrogen-bond donors (Lipinski definition) is 0. The zero-order valence-corrected chi connectivity index (χ0v) is 16.5. The topological polar surface area (TPSA) is 49.4 Å². The molecule has 0 aromatic heterocycles. The Labute approximate surface area is 161 Å². The summed E-state index contributed by atoms with van der Waals surface area (Å²) in [5.41, 5.74) is 0. The monoisotopic (exact) mass is 379 g/mol. The van der Waals surface area contributed by atoms with E-state index >= 15 is 0 Å². The molecule has 6 aliphatic rings. The van der Waals surface area contributed by atoms with E-state index in [0.29, 0.717) is 73.6 Å². The lowest BCUT2D eigenvalue weighted by Crippen LogP contribution is -2.66. The zero-order valence-electron chi connectivity index (χ0n) is 16.5. The Hall–Kier alpha value is -0.240. The highest BCUT2D eigenvalue weighted by Gasteiger charge is 2.59. The maximum atomic E-state index is 6.16. The smallest absolute Gasteiger partial charge is 0.147 e. The molecule has 0 N–H and O–H groups in total. The molecule has 0 radical (unpaired) electrons. The molecule has 6 heteroatoms. The number of rotatable bonds is 1. The SMILES string of the molecule is COC1CC2CC3OCOC3CC2C2C1C1CCC3OCOC3C1CN2C. The Bertz CT molecular complexity index is 575. The molecule has 152 valence electrons. The molecule has 0 amide bonds. The van der Waals surface area contributed by atoms with Crippen LogP contribution in [-0.4, -0.2) is 75.7 Å². The quantitative estimate of drug-likeness (QED) is 0.693. The second-order valence-electron chi connectivity index (χ2n) is 9.80. The third-order valence-electron chi connectivity index (χ3n) is 8.89. The Morgan fingerprint density at radius 2 is 1.59 bits per heavy atom. The molecule has 27 heavy (non-hydrogen) atoms. The van der Waals surface area contributed by atoms with Gasteiger partial charge in [0.05, 0.1) is 30.5 Å². The fourth-order valence-electron chi connectivity index (χ4n) is 7.90. The molecule has 0 aromatic rings. The first-order valence-corrected chi connectivity index (χ1v) is 10.9. The average Bonchev–Trinajstić information content (AvgIpc) is 3.34. The predicted molar refractivity (Wildman–Crippen MR) is 97.0 cm³/mol. The minimum Gasteiger partial charge on any atom is -0.381 e. The Morgan fingerprint density at radius 1 is 0.815 bits per heavy atom. The van der Waals surface area contributed by atoms with Gasteiger partial charge in [0.1, 0.15) is 13.6 Å². The van der Waals surface area contributed by atoms with E-state index in [1.54, 1.807) is 0 Å². The summed E-state index contributed by atoms with van der Waals surface area (Å²) >= 11 is 0. The van der Waals surface area contributed by atoms with Crippen molar-refractivity contribution in [1.82, 2.24) is 4.90 Å². The van der Waals surface area contributed by atoms with E-state index < -0.39 is 0 Å². The molecule has 6 fully saturated rings. The summed E-state index contributed by atoms with van der Waals surface area (Å²) in [6.07, 6.45) is 7.43. The third-order valence-corrected chi connectivity index (χ3v) is 8.89. The van der Waals surface area contributed by atoms with Gasteiger partial charge in [-0.2, -0.15) is 0 Å². The minimum absolute atomic E-state index is 0.282. The van der Waals surface area contributed by atoms with Gasteiger partial charge in [0.2, 0.25) is 0 Å². The van der Waals surface area contributed by atoms with Crippen LogP contribution in [-0.2, 0) is 23.7 Å². The van der Waals surface area contributed by atoms with Crippen LogP contribution in [0.2, 0.25) is 0 Å². The second kappa shape index (κ2) is 6.64. The van der Waals surface area contributed by atoms with Crippen LogP contribution in [0.25, 0.3) is 0 Å². The second-order valence-corrected chi connectivity index (χ2v) is 9.80. The fourth-order valence-corrected chi connectivity index (χ4v) is 7.90. The van der Waals surface area contributed by atoms with Gasteiger partial charge in [-0.25, -0.2) is 0 Å². The normalized spacial score (nSPS) is 57.3. The molecule has 11 unspecified atom stereocenters. The maximum Gasteiger partial charge on any atom is 0.147 e. The highest BCUT2D eigenvalue weighted by atomic mass is 16.7. The molecule has 3 aliphatic heterocycles. The highest BCUT2D eigenvalue weighted by Crippen LogP contribution is 2.55. The number of ether oxygens (including phenoxy) is 5. The highest BCUT2D eigenvalue weighted by molar-refractivity contribution is 5.10. The van der Waals surface area contributed by atoms with Gasteiger partial charge in [0.25, 0.3) is 0 Å². The molecule has 3 saturated carbocycles. The maximum absolute atomic E-state index is 6.16. The standard InChI is InChI=1S/C21H33NO5/c1-22-8-14-12(3-4-15-21(14)27-10-24-15)19-18(23-2)6-11-5-16-17(26-9-25-16)7-13(11)20(19)22/h11-21H,3-10H2,1-2H3. The van der Waals surface area contributed by atoms with E-state index in [-0.39, 0.29) is 6.10 Å². The van der Waals surface area contributed by atoms with Crippen LogP contribution in [0.15, 0.2) is 0 Å². The van der Waals surface area contributed by atoms with Gasteiger partial charge in [0, 0.05) is 31.5 Å². The van der Waals surface area contributed by atoms with E-state index in [4.69, 9.17) is 23.7 Å². The lowest BCUT2D eigenvalue weighted by molar-refractivity contribution is -0.172. The zero-order chi connectivity index (χ0) is 18.1. The summed E-state index contributed by atoms with van der Waals surface area (Å²) in [4.78, 5) is 2.65. The van der Waals surface area contributed by atoms with Crippen molar-refractivity contribution in [3.63, 3.8) is 0 Å². The van der Waals surface area contributed by atoms with Gasteiger partial charge in [0.15, 0.2) is 0 Å². The minimum atomic E-state index is 0.282. The van der Waals surface area contributed by atoms with Crippen LogP contribution in [0.5, 0.6) is 0 Å². The van der Waals surface area contributed by atoms with Crippen LogP contribution in [0.1, 0.15) is 32.1 Å². The summed E-state index contributed by atoms with van der Waals surface area (Å²) in [5, 5.41) is 0. The number of hydrogen-bond acceptors (Lipinski definition) is 6. The summed E-state index contributed by atoms with van der Waals surface area (Å²) < 4.78 is 29.9. The van der Waals surface area contributed by atoms with Crippen molar-refractivity contribution >= 4 is 0 Å². The van der Waals surface area contributed by atoms with Crippen molar-refractivity contribution in [1.29, 1.82) is 0 Å². The van der Waals surface area contributed by atoms with E-state index in [0.717, 1.165) is 25.8 Å². The van der Waals surface area contributed by atoms with Crippen molar-refractivity contribution in [2.24, 2.45) is 29.6 Å². The van der Waals surface area contributed by atoms with Gasteiger partial charge in [-0.05, 0) is 56.9 Å². The Kier molecular flexibility index (Phi) is 4.33. The largest absolute Gasteiger partial charge is 0.381 e. The van der Waals surface area contributed by atoms with Gasteiger partial charge in [-0.3, -0.25) is 0 Å². The first kappa shape index (κ1) is 17.6. The molecular weight excluding hydrogens is 346 g/mol. The van der Waals surface area contributed by atoms with Crippen molar-refractivity contribution < 1.29 is 23.7 Å². The van der Waals surface area contributed by atoms with Gasteiger partial charge < -0.3 is 28.6 Å². The molecule has 0 bridgehead atoms. The van der Waals surface area contributed by atoms with Gasteiger partial charge in [-0.15, -0.1) is 0 Å². The summed E-state index contributed by atoms with van der Waals surface area (Å²) in [7, 11) is 4.26. The van der Waals surface area contributed by atoms with Crippen molar-refractivity contribution in [3.05, 3.63) is 0 Å². The molecule has 0 aromatic carbocycles. The lowest BCUT2D eigenvalue weighted by Gasteiger charge is -2.61. The first-order chi connectivity index (χ1) is 13.2. The van der Waals surface area contributed by atoms with E-state index in [1.807, 2.05) is 7.11 Å². The van der Waals surface area contributed by atoms with Crippen molar-refractivity contribution in [3.8, 4) is 0 Å². The van der Waals surface area contributed by atoms with Crippen molar-refractivity contribution in [2.45, 2.75) is 68.7 Å². The van der Waals surface area contributed by atoms with E-state index in [1.165, 1.54) is 12.8 Å². The number of fused-ring (bicyclic) bond motifs is 8. The molecule has 3 saturated heterocycles. The molecule has 0 spiro atoms. The summed E-state index contributed by atoms with van der Waals surface area (Å²) in [6, 6.07) is 0.596. The average molecular weight is 379 g/mol. The lowest BCUT2D eigenvalue weighted by atomic mass is 9.54. The molecule has 3 heterocycles. The van der Waals surface area contributed by atoms with E-state index in [2.05, 4.69) is 11.9 Å². The van der Waals surface area contributed by atoms with Crippen LogP contribution in [0, 0.1) is 29.6 Å². The van der Waals surface area contributed by atoms with Crippen LogP contribution >= 0.6 is 0 Å². The number of likely N-dealkylation sites (tertiary alicyclic amines) is 1. The summed E-state index contributed by atoms with van der Waals surface area (Å²) in [6.45, 7) is 2.09. The summed E-state index contributed by atoms with van der Waals surface area (Å²) in [5.74, 6) is 3.27. The Morgan fingerprint density at radius 3 is 2.44 bits per heavy atom. The number of piperidine rings is 1. The molecule has 11 atom stereocenters. The number of nitrogens with zero attached hydrogens (tertiary/aromatic N) is 1. The third kappa shape index (κ3) is 2.60. The van der Waals surface area contributed by atoms with Gasteiger partial charge in [-0.1, -0.05) is 0 Å². The molecule has 3 aliphatic carbocycles. The number of methoxy groups -OCH3 is 1. The van der Waals surface area contributed by atoms with Crippen molar-refractivity contribution in [2.75, 3.05) is 34.3 Å². The van der Waals surface area contributed by atoms with Crippen LogP contribution in [0.4, 0.5) is 0 Å². The molecule has 6 rings (SSSR count). The first-order valence-electron chi connectivity index (χ1n) is 10.9. The van der Waals surface area contributed by atoms with Gasteiger partial charge >= 0.3 is 0 Å². The fraction of sp³-hybridized carbons (Fsp3) is 1.00. The molecule has 6 nitrogen and oxygen atoms in total. The van der Waals surface area contributed by atoms with Crippen LogP contribution < -0.4 is 0 Å². The van der Waals surface area contributed by atoms with Crippen LogP contribution in [0.3, 0.4) is 0 Å². The molecular formula is C21H33NO5. The predicted octanol–water partition coefficient (Wildman–Crippen LogP) is 1.87. The Balaban J connectivity index is 1.32.